The first-order chi connectivity index (χ1) is 9.61. The molecule has 110 valence electrons. The van der Waals surface area contributed by atoms with Gasteiger partial charge in [0.05, 0.1) is 12.1 Å². The molecule has 20 heavy (non-hydrogen) atoms. The minimum absolute atomic E-state index is 0.0606. The van der Waals surface area contributed by atoms with Crippen LogP contribution in [0.25, 0.3) is 0 Å². The number of amides is 1. The molecule has 1 saturated heterocycles. The minimum Gasteiger partial charge on any atom is -0.495 e. The van der Waals surface area contributed by atoms with Gasteiger partial charge in [0, 0.05) is 18.2 Å². The lowest BCUT2D eigenvalue weighted by molar-refractivity contribution is -0.129. The molecule has 0 spiro atoms. The van der Waals surface area contributed by atoms with Gasteiger partial charge in [0.1, 0.15) is 11.9 Å². The number of carbonyl (C=O) groups is 1. The number of benzene rings is 1. The molecule has 1 aromatic carbocycles. The van der Waals surface area contributed by atoms with Crippen LogP contribution in [-0.2, 0) is 16.0 Å². The molecule has 1 unspecified atom stereocenters. The Balaban J connectivity index is 1.92. The van der Waals surface area contributed by atoms with Crippen LogP contribution in [0.15, 0.2) is 12.1 Å². The smallest absolute Gasteiger partial charge is 0.249 e. The van der Waals surface area contributed by atoms with E-state index in [1.807, 2.05) is 0 Å². The number of methoxy groups -OCH3 is 1. The third kappa shape index (κ3) is 3.78. The van der Waals surface area contributed by atoms with Crippen LogP contribution in [0.2, 0.25) is 10.0 Å². The molecule has 0 bridgehead atoms. The number of hydrogen-bond donors (Lipinski definition) is 1. The molecule has 1 amide bonds. The van der Waals surface area contributed by atoms with E-state index in [0.29, 0.717) is 35.4 Å². The van der Waals surface area contributed by atoms with Crippen molar-refractivity contribution >= 4 is 29.1 Å². The first-order valence-electron chi connectivity index (χ1n) is 6.53. The van der Waals surface area contributed by atoms with Crippen LogP contribution in [0.1, 0.15) is 18.4 Å². The van der Waals surface area contributed by atoms with Gasteiger partial charge >= 0.3 is 0 Å². The molecule has 0 aliphatic carbocycles. The van der Waals surface area contributed by atoms with Crippen molar-refractivity contribution in [3.8, 4) is 5.75 Å². The Morgan fingerprint density at radius 3 is 2.95 bits per heavy atom. The zero-order chi connectivity index (χ0) is 14.5. The summed E-state index contributed by atoms with van der Waals surface area (Å²) in [7, 11) is 1.56. The van der Waals surface area contributed by atoms with Gasteiger partial charge in [0.15, 0.2) is 0 Å². The molecule has 1 aliphatic rings. The Kier molecular flexibility index (Phi) is 5.52. The Morgan fingerprint density at radius 2 is 2.30 bits per heavy atom. The van der Waals surface area contributed by atoms with Crippen molar-refractivity contribution in [3.05, 3.63) is 27.7 Å². The van der Waals surface area contributed by atoms with Crippen molar-refractivity contribution < 1.29 is 14.3 Å². The summed E-state index contributed by atoms with van der Waals surface area (Å²) < 4.78 is 10.6. The highest BCUT2D eigenvalue weighted by molar-refractivity contribution is 6.35. The SMILES string of the molecule is COc1c(Cl)cc(Cl)cc1CCNC(=O)C1CCCO1. The molecule has 1 aliphatic heterocycles. The van der Waals surface area contributed by atoms with Gasteiger partial charge in [-0.15, -0.1) is 0 Å². The van der Waals surface area contributed by atoms with E-state index in [0.717, 1.165) is 18.4 Å². The Hall–Kier alpha value is -0.970. The van der Waals surface area contributed by atoms with E-state index >= 15 is 0 Å². The van der Waals surface area contributed by atoms with Crippen LogP contribution < -0.4 is 10.1 Å². The quantitative estimate of drug-likeness (QED) is 0.908. The number of hydrogen-bond acceptors (Lipinski definition) is 3. The lowest BCUT2D eigenvalue weighted by Crippen LogP contribution is -2.35. The van der Waals surface area contributed by atoms with Crippen molar-refractivity contribution in [2.24, 2.45) is 0 Å². The maximum Gasteiger partial charge on any atom is 0.249 e. The molecule has 0 aromatic heterocycles. The molecule has 1 aromatic rings. The highest BCUT2D eigenvalue weighted by Gasteiger charge is 2.23. The number of ether oxygens (including phenoxy) is 2. The van der Waals surface area contributed by atoms with Gasteiger partial charge in [-0.05, 0) is 37.0 Å². The largest absolute Gasteiger partial charge is 0.495 e. The fraction of sp³-hybridized carbons (Fsp3) is 0.500. The second-order valence-electron chi connectivity index (χ2n) is 4.62. The zero-order valence-corrected chi connectivity index (χ0v) is 12.8. The topological polar surface area (TPSA) is 47.6 Å². The second-order valence-corrected chi connectivity index (χ2v) is 5.47. The molecule has 0 radical (unpaired) electrons. The van der Waals surface area contributed by atoms with Crippen LogP contribution >= 0.6 is 23.2 Å². The minimum atomic E-state index is -0.306. The highest BCUT2D eigenvalue weighted by atomic mass is 35.5. The first-order valence-corrected chi connectivity index (χ1v) is 7.28. The summed E-state index contributed by atoms with van der Waals surface area (Å²) in [5.41, 5.74) is 0.873. The number of nitrogens with one attached hydrogen (secondary N) is 1. The van der Waals surface area contributed by atoms with Crippen LogP contribution in [0.4, 0.5) is 0 Å². The average Bonchev–Trinajstić information content (AvgIpc) is 2.92. The third-order valence-corrected chi connectivity index (χ3v) is 3.70. The summed E-state index contributed by atoms with van der Waals surface area (Å²) in [5.74, 6) is 0.539. The lowest BCUT2D eigenvalue weighted by Gasteiger charge is -2.13. The standard InChI is InChI=1S/C14H17Cl2NO3/c1-19-13-9(7-10(15)8-11(13)16)4-5-17-14(18)12-3-2-6-20-12/h7-8,12H,2-6H2,1H3,(H,17,18). The summed E-state index contributed by atoms with van der Waals surface area (Å²) in [6.45, 7) is 1.15. The van der Waals surface area contributed by atoms with Crippen molar-refractivity contribution in [1.82, 2.24) is 5.32 Å². The molecular weight excluding hydrogens is 301 g/mol. The third-order valence-electron chi connectivity index (χ3n) is 3.21. The van der Waals surface area contributed by atoms with Crippen molar-refractivity contribution in [2.75, 3.05) is 20.3 Å². The van der Waals surface area contributed by atoms with E-state index in [-0.39, 0.29) is 12.0 Å². The molecule has 2 rings (SSSR count). The molecular formula is C14H17Cl2NO3. The van der Waals surface area contributed by atoms with Crippen molar-refractivity contribution in [2.45, 2.75) is 25.4 Å². The first kappa shape index (κ1) is 15.4. The summed E-state index contributed by atoms with van der Waals surface area (Å²) in [5, 5.41) is 3.88. The summed E-state index contributed by atoms with van der Waals surface area (Å²) in [6, 6.07) is 3.43. The fourth-order valence-corrected chi connectivity index (χ4v) is 2.86. The normalized spacial score (nSPS) is 18.1. The van der Waals surface area contributed by atoms with Crippen LogP contribution in [0.3, 0.4) is 0 Å². The van der Waals surface area contributed by atoms with Gasteiger partial charge in [-0.1, -0.05) is 23.2 Å². The summed E-state index contributed by atoms with van der Waals surface area (Å²) in [4.78, 5) is 11.8. The van der Waals surface area contributed by atoms with E-state index in [1.54, 1.807) is 19.2 Å². The number of halogens is 2. The predicted molar refractivity (Wildman–Crippen MR) is 78.7 cm³/mol. The van der Waals surface area contributed by atoms with Gasteiger partial charge in [-0.2, -0.15) is 0 Å². The summed E-state index contributed by atoms with van der Waals surface area (Å²) >= 11 is 12.0. The Bertz CT molecular complexity index is 488. The van der Waals surface area contributed by atoms with E-state index < -0.39 is 0 Å². The van der Waals surface area contributed by atoms with Crippen molar-refractivity contribution in [3.63, 3.8) is 0 Å². The maximum absolute atomic E-state index is 11.8. The van der Waals surface area contributed by atoms with Gasteiger partial charge in [0.25, 0.3) is 0 Å². The summed E-state index contributed by atoms with van der Waals surface area (Å²) in [6.07, 6.45) is 2.02. The highest BCUT2D eigenvalue weighted by Crippen LogP contribution is 2.32. The fourth-order valence-electron chi connectivity index (χ4n) is 2.25. The molecule has 1 fully saturated rings. The van der Waals surface area contributed by atoms with Gasteiger partial charge in [-0.25, -0.2) is 0 Å². The molecule has 6 heteroatoms. The molecule has 0 saturated carbocycles. The van der Waals surface area contributed by atoms with Gasteiger partial charge in [-0.3, -0.25) is 4.79 Å². The monoisotopic (exact) mass is 317 g/mol. The van der Waals surface area contributed by atoms with E-state index in [4.69, 9.17) is 32.7 Å². The molecule has 1 heterocycles. The number of rotatable bonds is 5. The van der Waals surface area contributed by atoms with E-state index in [9.17, 15) is 4.79 Å². The van der Waals surface area contributed by atoms with Crippen molar-refractivity contribution in [1.29, 1.82) is 0 Å². The van der Waals surface area contributed by atoms with E-state index in [1.165, 1.54) is 0 Å². The number of carbonyl (C=O) groups excluding carboxylic acids is 1. The lowest BCUT2D eigenvalue weighted by atomic mass is 10.1. The second kappa shape index (κ2) is 7.16. The molecule has 1 N–H and O–H groups in total. The Morgan fingerprint density at radius 1 is 1.50 bits per heavy atom. The van der Waals surface area contributed by atoms with E-state index in [2.05, 4.69) is 5.32 Å². The Labute approximate surface area is 128 Å². The van der Waals surface area contributed by atoms with Crippen LogP contribution in [0.5, 0.6) is 5.75 Å². The van der Waals surface area contributed by atoms with Crippen LogP contribution in [-0.4, -0.2) is 32.3 Å². The van der Waals surface area contributed by atoms with Gasteiger partial charge < -0.3 is 14.8 Å². The van der Waals surface area contributed by atoms with Gasteiger partial charge in [0.2, 0.25) is 5.91 Å². The predicted octanol–water partition coefficient (Wildman–Crippen LogP) is 2.84. The molecule has 1 atom stereocenters. The van der Waals surface area contributed by atoms with Crippen LogP contribution in [0, 0.1) is 0 Å². The molecule has 4 nitrogen and oxygen atoms in total. The zero-order valence-electron chi connectivity index (χ0n) is 11.2. The average molecular weight is 318 g/mol. The maximum atomic E-state index is 11.8.